The van der Waals surface area contributed by atoms with E-state index in [9.17, 15) is 24.0 Å². The van der Waals surface area contributed by atoms with Gasteiger partial charge in [-0.1, -0.05) is 6.92 Å². The molecule has 3 aromatic rings. The molecule has 168 valence electrons. The van der Waals surface area contributed by atoms with Crippen LogP contribution in [0.5, 0.6) is 0 Å². The van der Waals surface area contributed by atoms with Gasteiger partial charge in [-0.25, -0.2) is 14.6 Å². The molecule has 0 atom stereocenters. The lowest BCUT2D eigenvalue weighted by molar-refractivity contribution is 0.0600. The number of rotatable bonds is 4. The van der Waals surface area contributed by atoms with Crippen LogP contribution in [0.25, 0.3) is 11.0 Å². The zero-order chi connectivity index (χ0) is 24.0. The van der Waals surface area contributed by atoms with E-state index in [1.165, 1.54) is 37.9 Å². The molecule has 2 aromatic heterocycles. The molecular formula is C23H20N4O6. The summed E-state index contributed by atoms with van der Waals surface area (Å²) < 4.78 is 6.74. The summed E-state index contributed by atoms with van der Waals surface area (Å²) >= 11 is 0. The third-order valence-corrected chi connectivity index (χ3v) is 5.58. The normalized spacial score (nSPS) is 13.0. The van der Waals surface area contributed by atoms with Gasteiger partial charge in [-0.05, 0) is 30.7 Å². The van der Waals surface area contributed by atoms with Crippen LogP contribution in [0, 0.1) is 0 Å². The topological polar surface area (TPSA) is 129 Å². The van der Waals surface area contributed by atoms with Gasteiger partial charge in [0, 0.05) is 25.9 Å². The predicted molar refractivity (Wildman–Crippen MR) is 120 cm³/mol. The van der Waals surface area contributed by atoms with Crippen molar-refractivity contribution in [1.29, 1.82) is 0 Å². The summed E-state index contributed by atoms with van der Waals surface area (Å²) in [6.07, 6.45) is 1.43. The number of fused-ring (bicyclic) bond motifs is 3. The Morgan fingerprint density at radius 2 is 1.70 bits per heavy atom. The van der Waals surface area contributed by atoms with Gasteiger partial charge in [-0.3, -0.25) is 23.5 Å². The molecule has 0 spiro atoms. The number of aryl methyl sites for hydroxylation is 2. The lowest BCUT2D eigenvalue weighted by atomic mass is 9.88. The summed E-state index contributed by atoms with van der Waals surface area (Å²) in [5.41, 5.74) is -0.0887. The molecule has 1 aliphatic rings. The van der Waals surface area contributed by atoms with Crippen molar-refractivity contribution in [2.24, 2.45) is 14.1 Å². The molecule has 0 aliphatic heterocycles. The first-order valence-electron chi connectivity index (χ1n) is 10.1. The second kappa shape index (κ2) is 7.97. The smallest absolute Gasteiger partial charge is 0.337 e. The van der Waals surface area contributed by atoms with Crippen LogP contribution in [-0.2, 0) is 25.3 Å². The Labute approximate surface area is 187 Å². The SMILES string of the molecule is CCc1nc2c(c3c1C(=O)C(Nc1ccc(C(=O)OC)cc1)=CC3=O)c(=O)n(C)c(=O)n2C. The van der Waals surface area contributed by atoms with Crippen molar-refractivity contribution in [3.8, 4) is 0 Å². The van der Waals surface area contributed by atoms with Crippen LogP contribution in [0.3, 0.4) is 0 Å². The lowest BCUT2D eigenvalue weighted by Crippen LogP contribution is -2.39. The van der Waals surface area contributed by atoms with Crippen LogP contribution in [0.4, 0.5) is 5.69 Å². The van der Waals surface area contributed by atoms with E-state index in [4.69, 9.17) is 0 Å². The third-order valence-electron chi connectivity index (χ3n) is 5.58. The standard InChI is InChI=1S/C23H20N4O6/c1-5-13-16-17(18-20(25-13)26(2)23(32)27(3)21(18)30)15(28)10-14(19(16)29)24-12-8-6-11(7-9-12)22(31)33-4/h6-10,24H,5H2,1-4H3. The Kier molecular flexibility index (Phi) is 5.28. The number of benzene rings is 1. The highest BCUT2D eigenvalue weighted by Gasteiger charge is 2.33. The number of methoxy groups -OCH3 is 1. The van der Waals surface area contributed by atoms with Gasteiger partial charge < -0.3 is 10.1 Å². The second-order valence-corrected chi connectivity index (χ2v) is 7.51. The van der Waals surface area contributed by atoms with Crippen LogP contribution in [0.2, 0.25) is 0 Å². The highest BCUT2D eigenvalue weighted by Crippen LogP contribution is 2.29. The Bertz CT molecular complexity index is 1510. The molecule has 0 unspecified atom stereocenters. The number of anilines is 1. The molecular weight excluding hydrogens is 428 g/mol. The maximum atomic E-state index is 13.4. The Hall–Kier alpha value is -4.34. The molecule has 10 nitrogen and oxygen atoms in total. The first-order chi connectivity index (χ1) is 15.7. The first kappa shape index (κ1) is 21.9. The van der Waals surface area contributed by atoms with E-state index >= 15 is 0 Å². The minimum atomic E-state index is -0.691. The first-order valence-corrected chi connectivity index (χ1v) is 10.1. The van der Waals surface area contributed by atoms with Gasteiger partial charge in [-0.15, -0.1) is 0 Å². The van der Waals surface area contributed by atoms with E-state index in [1.54, 1.807) is 19.1 Å². The van der Waals surface area contributed by atoms with E-state index in [1.807, 2.05) is 0 Å². The van der Waals surface area contributed by atoms with E-state index < -0.39 is 28.8 Å². The van der Waals surface area contributed by atoms with Gasteiger partial charge in [0.05, 0.1) is 40.6 Å². The van der Waals surface area contributed by atoms with E-state index in [0.29, 0.717) is 23.4 Å². The molecule has 0 bridgehead atoms. The third kappa shape index (κ3) is 3.36. The average molecular weight is 448 g/mol. The minimum Gasteiger partial charge on any atom is -0.465 e. The molecule has 0 saturated heterocycles. The van der Waals surface area contributed by atoms with Crippen LogP contribution in [-0.4, -0.2) is 38.8 Å². The van der Waals surface area contributed by atoms with Crippen molar-refractivity contribution in [2.45, 2.75) is 13.3 Å². The quantitative estimate of drug-likeness (QED) is 0.592. The van der Waals surface area contributed by atoms with Crippen LogP contribution in [0.1, 0.15) is 43.7 Å². The minimum absolute atomic E-state index is 0.0100. The number of esters is 1. The summed E-state index contributed by atoms with van der Waals surface area (Å²) in [5.74, 6) is -1.54. The molecule has 0 radical (unpaired) electrons. The molecule has 4 rings (SSSR count). The number of carbonyl (C=O) groups is 3. The number of hydrogen-bond acceptors (Lipinski definition) is 8. The molecule has 33 heavy (non-hydrogen) atoms. The maximum absolute atomic E-state index is 13.4. The Morgan fingerprint density at radius 3 is 2.30 bits per heavy atom. The lowest BCUT2D eigenvalue weighted by Gasteiger charge is -2.21. The van der Waals surface area contributed by atoms with Gasteiger partial charge in [0.25, 0.3) is 5.56 Å². The molecule has 2 heterocycles. The number of carbonyl (C=O) groups excluding carboxylic acids is 3. The van der Waals surface area contributed by atoms with Crippen molar-refractivity contribution in [2.75, 3.05) is 12.4 Å². The van der Waals surface area contributed by atoms with Crippen LogP contribution in [0.15, 0.2) is 45.6 Å². The van der Waals surface area contributed by atoms with Gasteiger partial charge in [0.15, 0.2) is 5.78 Å². The maximum Gasteiger partial charge on any atom is 0.337 e. The molecule has 1 aliphatic carbocycles. The number of hydrogen-bond donors (Lipinski definition) is 1. The second-order valence-electron chi connectivity index (χ2n) is 7.51. The van der Waals surface area contributed by atoms with Crippen molar-refractivity contribution in [1.82, 2.24) is 14.1 Å². The summed E-state index contributed by atoms with van der Waals surface area (Å²) in [4.78, 5) is 67.8. The molecule has 0 amide bonds. The Balaban J connectivity index is 1.87. The number of pyridine rings is 1. The predicted octanol–water partition coefficient (Wildman–Crippen LogP) is 1.36. The fourth-order valence-corrected chi connectivity index (χ4v) is 3.84. The average Bonchev–Trinajstić information content (AvgIpc) is 2.83. The van der Waals surface area contributed by atoms with Crippen LogP contribution < -0.4 is 16.6 Å². The highest BCUT2D eigenvalue weighted by atomic mass is 16.5. The zero-order valence-corrected chi connectivity index (χ0v) is 18.4. The molecule has 0 fully saturated rings. The van der Waals surface area contributed by atoms with Gasteiger partial charge in [0.2, 0.25) is 5.78 Å². The number of nitrogens with zero attached hydrogens (tertiary/aromatic N) is 3. The fraction of sp³-hybridized carbons (Fsp3) is 0.217. The zero-order valence-electron chi connectivity index (χ0n) is 18.4. The molecule has 0 saturated carbocycles. The van der Waals surface area contributed by atoms with Gasteiger partial charge >= 0.3 is 11.7 Å². The number of ketones is 2. The fourth-order valence-electron chi connectivity index (χ4n) is 3.84. The van der Waals surface area contributed by atoms with Crippen molar-refractivity contribution in [3.63, 3.8) is 0 Å². The summed E-state index contributed by atoms with van der Waals surface area (Å²) in [7, 11) is 4.04. The van der Waals surface area contributed by atoms with Crippen LogP contribution >= 0.6 is 0 Å². The number of nitrogens with one attached hydrogen (secondary N) is 1. The number of Topliss-reactive ketones (excluding diaryl/α,β-unsaturated/α-hetero) is 1. The molecule has 1 aromatic carbocycles. The summed E-state index contributed by atoms with van der Waals surface area (Å²) in [6, 6.07) is 6.19. The largest absolute Gasteiger partial charge is 0.465 e. The molecule has 10 heteroatoms. The number of allylic oxidation sites excluding steroid dienone is 2. The van der Waals surface area contributed by atoms with E-state index in [0.717, 1.165) is 10.6 Å². The highest BCUT2D eigenvalue weighted by molar-refractivity contribution is 6.29. The molecule has 1 N–H and O–H groups in total. The van der Waals surface area contributed by atoms with Gasteiger partial charge in [-0.2, -0.15) is 0 Å². The van der Waals surface area contributed by atoms with E-state index in [-0.39, 0.29) is 27.9 Å². The number of ether oxygens (including phenoxy) is 1. The monoisotopic (exact) mass is 448 g/mol. The van der Waals surface area contributed by atoms with Crippen molar-refractivity contribution in [3.05, 3.63) is 79.3 Å². The van der Waals surface area contributed by atoms with Crippen molar-refractivity contribution < 1.29 is 19.1 Å². The summed E-state index contributed by atoms with van der Waals surface area (Å²) in [5, 5.41) is 2.84. The van der Waals surface area contributed by atoms with E-state index in [2.05, 4.69) is 15.0 Å². The van der Waals surface area contributed by atoms with Gasteiger partial charge in [0.1, 0.15) is 5.65 Å². The van der Waals surface area contributed by atoms with Crippen molar-refractivity contribution >= 4 is 34.3 Å². The Morgan fingerprint density at radius 1 is 1.03 bits per heavy atom. The summed E-state index contributed by atoms with van der Waals surface area (Å²) in [6.45, 7) is 1.77. The number of aromatic nitrogens is 3.